The summed E-state index contributed by atoms with van der Waals surface area (Å²) in [6, 6.07) is 4.34. The molecule has 0 aliphatic carbocycles. The van der Waals surface area contributed by atoms with E-state index in [2.05, 4.69) is 26.1 Å². The van der Waals surface area contributed by atoms with Gasteiger partial charge in [0, 0.05) is 22.6 Å². The van der Waals surface area contributed by atoms with Crippen LogP contribution in [0.25, 0.3) is 0 Å². The van der Waals surface area contributed by atoms with Crippen molar-refractivity contribution in [3.8, 4) is 0 Å². The van der Waals surface area contributed by atoms with Gasteiger partial charge in [-0.25, -0.2) is 0 Å². The third-order valence-electron chi connectivity index (χ3n) is 2.43. The molecule has 3 nitrogen and oxygen atoms in total. The molecule has 0 saturated heterocycles. The Morgan fingerprint density at radius 1 is 1.35 bits per heavy atom. The molecular weight excluding hydrogens is 234 g/mol. The molecule has 0 fully saturated rings. The van der Waals surface area contributed by atoms with Crippen molar-refractivity contribution in [2.45, 2.75) is 52.0 Å². The molecule has 4 heteroatoms. The molecule has 98 valence electrons. The van der Waals surface area contributed by atoms with Crippen LogP contribution >= 0.6 is 0 Å². The first kappa shape index (κ1) is 14.5. The Bertz CT molecular complexity index is 347. The van der Waals surface area contributed by atoms with Gasteiger partial charge < -0.3 is 9.73 Å². The first-order valence-electron chi connectivity index (χ1n) is 6.27. The van der Waals surface area contributed by atoms with Gasteiger partial charge in [0.15, 0.2) is 0 Å². The predicted octanol–water partition coefficient (Wildman–Crippen LogP) is 2.83. The average molecular weight is 257 g/mol. The molecule has 0 aromatic carbocycles. The van der Waals surface area contributed by atoms with Gasteiger partial charge in [0.1, 0.15) is 11.5 Å². The van der Waals surface area contributed by atoms with Crippen molar-refractivity contribution >= 4 is 10.8 Å². The fourth-order valence-corrected chi connectivity index (χ4v) is 2.66. The molecule has 1 atom stereocenters. The highest BCUT2D eigenvalue weighted by molar-refractivity contribution is 7.84. The van der Waals surface area contributed by atoms with E-state index in [1.54, 1.807) is 0 Å². The van der Waals surface area contributed by atoms with Crippen LogP contribution in [0.15, 0.2) is 16.5 Å². The highest BCUT2D eigenvalue weighted by Gasteiger charge is 2.06. The molecule has 1 unspecified atom stereocenters. The van der Waals surface area contributed by atoms with Gasteiger partial charge in [-0.05, 0) is 18.6 Å². The molecule has 1 aromatic heterocycles. The molecule has 0 spiro atoms. The topological polar surface area (TPSA) is 42.2 Å². The summed E-state index contributed by atoms with van der Waals surface area (Å²) in [6.07, 6.45) is 2.11. The van der Waals surface area contributed by atoms with E-state index in [0.717, 1.165) is 36.7 Å². The molecule has 17 heavy (non-hydrogen) atoms. The summed E-state index contributed by atoms with van der Waals surface area (Å²) < 4.78 is 17.3. The van der Waals surface area contributed by atoms with Crippen LogP contribution in [0.3, 0.4) is 0 Å². The Morgan fingerprint density at radius 2 is 2.06 bits per heavy atom. The van der Waals surface area contributed by atoms with Crippen molar-refractivity contribution in [3.05, 3.63) is 23.7 Å². The van der Waals surface area contributed by atoms with Gasteiger partial charge in [0.05, 0.1) is 12.3 Å². The SMILES string of the molecule is CCCCS(=O)Cc1ccc(CNC(C)C)o1. The van der Waals surface area contributed by atoms with Crippen LogP contribution in [0.1, 0.15) is 45.1 Å². The van der Waals surface area contributed by atoms with E-state index in [1.807, 2.05) is 12.1 Å². The summed E-state index contributed by atoms with van der Waals surface area (Å²) in [6.45, 7) is 7.05. The van der Waals surface area contributed by atoms with Crippen LogP contribution in [0.5, 0.6) is 0 Å². The maximum absolute atomic E-state index is 11.7. The zero-order valence-corrected chi connectivity index (χ0v) is 11.8. The molecule has 0 bridgehead atoms. The van der Waals surface area contributed by atoms with Crippen LogP contribution < -0.4 is 5.32 Å². The van der Waals surface area contributed by atoms with Gasteiger partial charge in [0.2, 0.25) is 0 Å². The predicted molar refractivity (Wildman–Crippen MR) is 72.3 cm³/mol. The highest BCUT2D eigenvalue weighted by Crippen LogP contribution is 2.11. The zero-order valence-electron chi connectivity index (χ0n) is 11.0. The molecule has 0 aliphatic heterocycles. The van der Waals surface area contributed by atoms with Crippen LogP contribution in [0, 0.1) is 0 Å². The summed E-state index contributed by atoms with van der Waals surface area (Å²) in [5.41, 5.74) is 0. The fourth-order valence-electron chi connectivity index (χ4n) is 1.44. The molecule has 1 heterocycles. The van der Waals surface area contributed by atoms with Crippen molar-refractivity contribution in [1.82, 2.24) is 5.32 Å². The molecular formula is C13H23NO2S. The normalized spacial score (nSPS) is 13.2. The second kappa shape index (κ2) is 7.67. The molecule has 0 radical (unpaired) electrons. The standard InChI is InChI=1S/C13H23NO2S/c1-4-5-8-17(15)10-13-7-6-12(16-13)9-14-11(2)3/h6-7,11,14H,4-5,8-10H2,1-3H3. The maximum atomic E-state index is 11.7. The molecule has 1 N–H and O–H groups in total. The fraction of sp³-hybridized carbons (Fsp3) is 0.692. The lowest BCUT2D eigenvalue weighted by molar-refractivity contribution is 0.445. The highest BCUT2D eigenvalue weighted by atomic mass is 32.2. The number of furan rings is 1. The summed E-state index contributed by atoms with van der Waals surface area (Å²) in [7, 11) is -0.784. The van der Waals surface area contributed by atoms with E-state index in [-0.39, 0.29) is 0 Å². The van der Waals surface area contributed by atoms with Gasteiger partial charge in [-0.3, -0.25) is 4.21 Å². The molecule has 1 aromatic rings. The second-order valence-electron chi connectivity index (χ2n) is 4.55. The first-order chi connectivity index (χ1) is 8.11. The molecule has 0 amide bonds. The maximum Gasteiger partial charge on any atom is 0.118 e. The van der Waals surface area contributed by atoms with Gasteiger partial charge >= 0.3 is 0 Å². The summed E-state index contributed by atoms with van der Waals surface area (Å²) in [4.78, 5) is 0. The van der Waals surface area contributed by atoms with Crippen molar-refractivity contribution in [2.75, 3.05) is 5.75 Å². The van der Waals surface area contributed by atoms with E-state index in [1.165, 1.54) is 0 Å². The molecule has 0 aliphatic rings. The summed E-state index contributed by atoms with van der Waals surface area (Å²) in [5.74, 6) is 3.07. The Balaban J connectivity index is 2.37. The third kappa shape index (κ3) is 6.03. The van der Waals surface area contributed by atoms with Gasteiger partial charge in [-0.2, -0.15) is 0 Å². The lowest BCUT2D eigenvalue weighted by atomic mass is 10.3. The van der Waals surface area contributed by atoms with E-state index >= 15 is 0 Å². The zero-order chi connectivity index (χ0) is 12.7. The van der Waals surface area contributed by atoms with E-state index in [4.69, 9.17) is 4.42 Å². The first-order valence-corrected chi connectivity index (χ1v) is 7.76. The van der Waals surface area contributed by atoms with Crippen molar-refractivity contribution in [2.24, 2.45) is 0 Å². The van der Waals surface area contributed by atoms with E-state index in [0.29, 0.717) is 11.8 Å². The molecule has 0 saturated carbocycles. The van der Waals surface area contributed by atoms with E-state index < -0.39 is 10.8 Å². The summed E-state index contributed by atoms with van der Waals surface area (Å²) >= 11 is 0. The Hall–Kier alpha value is -0.610. The van der Waals surface area contributed by atoms with Crippen LogP contribution in [0.4, 0.5) is 0 Å². The quantitative estimate of drug-likeness (QED) is 0.778. The Labute approximate surface area is 106 Å². The lowest BCUT2D eigenvalue weighted by Gasteiger charge is -2.05. The minimum Gasteiger partial charge on any atom is -0.464 e. The van der Waals surface area contributed by atoms with Crippen LogP contribution in [-0.4, -0.2) is 16.0 Å². The van der Waals surface area contributed by atoms with Gasteiger partial charge in [-0.1, -0.05) is 27.2 Å². The number of nitrogens with one attached hydrogen (secondary N) is 1. The van der Waals surface area contributed by atoms with Crippen LogP contribution in [-0.2, 0) is 23.1 Å². The monoisotopic (exact) mass is 257 g/mol. The number of hydrogen-bond acceptors (Lipinski definition) is 3. The Morgan fingerprint density at radius 3 is 2.71 bits per heavy atom. The third-order valence-corrected chi connectivity index (χ3v) is 3.78. The van der Waals surface area contributed by atoms with Crippen molar-refractivity contribution in [3.63, 3.8) is 0 Å². The van der Waals surface area contributed by atoms with Gasteiger partial charge in [-0.15, -0.1) is 0 Å². The van der Waals surface area contributed by atoms with Crippen LogP contribution in [0.2, 0.25) is 0 Å². The minimum atomic E-state index is -0.784. The Kier molecular flexibility index (Phi) is 6.52. The lowest BCUT2D eigenvalue weighted by Crippen LogP contribution is -2.21. The van der Waals surface area contributed by atoms with Crippen molar-refractivity contribution < 1.29 is 8.63 Å². The number of hydrogen-bond donors (Lipinski definition) is 1. The van der Waals surface area contributed by atoms with E-state index in [9.17, 15) is 4.21 Å². The van der Waals surface area contributed by atoms with Crippen molar-refractivity contribution in [1.29, 1.82) is 0 Å². The largest absolute Gasteiger partial charge is 0.464 e. The average Bonchev–Trinajstić information content (AvgIpc) is 2.71. The van der Waals surface area contributed by atoms with Gasteiger partial charge in [0.25, 0.3) is 0 Å². The summed E-state index contributed by atoms with van der Waals surface area (Å²) in [5, 5.41) is 3.29. The number of rotatable bonds is 8. The number of unbranched alkanes of at least 4 members (excludes halogenated alkanes) is 1. The molecule has 1 rings (SSSR count). The minimum absolute atomic E-state index is 0.447. The smallest absolute Gasteiger partial charge is 0.118 e. The second-order valence-corrected chi connectivity index (χ2v) is 6.12.